The van der Waals surface area contributed by atoms with Crippen molar-refractivity contribution in [2.24, 2.45) is 0 Å². The molecular formula is C11H13FN2OS. The molecule has 1 heterocycles. The predicted molar refractivity (Wildman–Crippen MR) is 65.4 cm³/mol. The molecule has 1 aromatic rings. The van der Waals surface area contributed by atoms with E-state index in [1.807, 2.05) is 6.08 Å². The number of carbonyl (C=O) groups excluding carboxylic acids is 1. The largest absolute Gasteiger partial charge is 0.397 e. The number of hydrogen-bond donors (Lipinski definition) is 1. The predicted octanol–water partition coefficient (Wildman–Crippen LogP) is 2.49. The summed E-state index contributed by atoms with van der Waals surface area (Å²) >= 11 is 1.27. The van der Waals surface area contributed by atoms with Crippen LogP contribution in [0.5, 0.6) is 0 Å². The number of nitrogens with zero attached hydrogens (tertiary/aromatic N) is 1. The van der Waals surface area contributed by atoms with Crippen molar-refractivity contribution in [1.82, 2.24) is 4.98 Å². The van der Waals surface area contributed by atoms with Crippen LogP contribution in [0.25, 0.3) is 6.08 Å². The number of rotatable bonds is 4. The summed E-state index contributed by atoms with van der Waals surface area (Å²) < 4.78 is 12.7. The third kappa shape index (κ3) is 4.44. The highest BCUT2D eigenvalue weighted by molar-refractivity contribution is 8.13. The topological polar surface area (TPSA) is 56.0 Å². The standard InChI is InChI=1S/C11H13FN2OS/c1-8(15)16-5-3-2-4-11-10(13)6-9(12)7-14-11/h2,4,6-7H,3,5,13H2,1H3. The van der Waals surface area contributed by atoms with Gasteiger partial charge in [-0.15, -0.1) is 0 Å². The highest BCUT2D eigenvalue weighted by Crippen LogP contribution is 2.12. The average molecular weight is 240 g/mol. The smallest absolute Gasteiger partial charge is 0.185 e. The molecule has 0 amide bonds. The molecule has 0 aliphatic carbocycles. The minimum Gasteiger partial charge on any atom is -0.397 e. The molecule has 0 bridgehead atoms. The van der Waals surface area contributed by atoms with Crippen LogP contribution in [0.15, 0.2) is 18.3 Å². The summed E-state index contributed by atoms with van der Waals surface area (Å²) in [5.74, 6) is 0.286. The number of halogens is 1. The van der Waals surface area contributed by atoms with Crippen molar-refractivity contribution in [3.8, 4) is 0 Å². The van der Waals surface area contributed by atoms with E-state index in [-0.39, 0.29) is 5.12 Å². The van der Waals surface area contributed by atoms with Gasteiger partial charge in [-0.2, -0.15) is 0 Å². The van der Waals surface area contributed by atoms with E-state index in [0.717, 1.165) is 18.4 Å². The molecule has 0 atom stereocenters. The molecule has 0 saturated heterocycles. The first-order chi connectivity index (χ1) is 7.59. The Morgan fingerprint density at radius 3 is 3.06 bits per heavy atom. The van der Waals surface area contributed by atoms with Crippen molar-refractivity contribution >= 4 is 28.6 Å². The van der Waals surface area contributed by atoms with Gasteiger partial charge in [0.05, 0.1) is 17.6 Å². The second kappa shape index (κ2) is 6.27. The highest BCUT2D eigenvalue weighted by Gasteiger charge is 1.98. The molecular weight excluding hydrogens is 227 g/mol. The maximum Gasteiger partial charge on any atom is 0.185 e. The molecule has 0 fully saturated rings. The van der Waals surface area contributed by atoms with Gasteiger partial charge in [-0.05, 0) is 12.5 Å². The van der Waals surface area contributed by atoms with E-state index >= 15 is 0 Å². The Hall–Kier alpha value is -1.36. The van der Waals surface area contributed by atoms with Gasteiger partial charge in [0.15, 0.2) is 5.12 Å². The Morgan fingerprint density at radius 2 is 2.44 bits per heavy atom. The minimum absolute atomic E-state index is 0.104. The van der Waals surface area contributed by atoms with Gasteiger partial charge in [0.25, 0.3) is 0 Å². The Balaban J connectivity index is 2.47. The summed E-state index contributed by atoms with van der Waals surface area (Å²) in [6.45, 7) is 1.54. The highest BCUT2D eigenvalue weighted by atomic mass is 32.2. The van der Waals surface area contributed by atoms with E-state index < -0.39 is 5.82 Å². The van der Waals surface area contributed by atoms with E-state index in [1.165, 1.54) is 24.8 Å². The first-order valence-electron chi connectivity index (χ1n) is 4.80. The van der Waals surface area contributed by atoms with Crippen molar-refractivity contribution in [1.29, 1.82) is 0 Å². The molecule has 16 heavy (non-hydrogen) atoms. The summed E-state index contributed by atoms with van der Waals surface area (Å²) in [5, 5.41) is 0.104. The van der Waals surface area contributed by atoms with Crippen molar-refractivity contribution in [2.45, 2.75) is 13.3 Å². The Bertz CT molecular complexity index is 407. The number of nitrogen functional groups attached to an aromatic ring is 1. The molecule has 0 aliphatic heterocycles. The van der Waals surface area contributed by atoms with E-state index in [2.05, 4.69) is 4.98 Å². The fourth-order valence-electron chi connectivity index (χ4n) is 1.07. The number of allylic oxidation sites excluding steroid dienone is 1. The zero-order valence-electron chi connectivity index (χ0n) is 8.94. The summed E-state index contributed by atoms with van der Waals surface area (Å²) in [4.78, 5) is 14.5. The number of carbonyl (C=O) groups is 1. The van der Waals surface area contributed by atoms with Crippen LogP contribution in [-0.4, -0.2) is 15.9 Å². The Kier molecular flexibility index (Phi) is 4.98. The van der Waals surface area contributed by atoms with Crippen LogP contribution in [0, 0.1) is 5.82 Å². The number of hydrogen-bond acceptors (Lipinski definition) is 4. The van der Waals surface area contributed by atoms with Gasteiger partial charge in [-0.3, -0.25) is 9.78 Å². The van der Waals surface area contributed by atoms with Gasteiger partial charge in [0.2, 0.25) is 0 Å². The van der Waals surface area contributed by atoms with Crippen molar-refractivity contribution in [3.63, 3.8) is 0 Å². The van der Waals surface area contributed by atoms with E-state index in [4.69, 9.17) is 5.73 Å². The average Bonchev–Trinajstić information content (AvgIpc) is 2.20. The van der Waals surface area contributed by atoms with Gasteiger partial charge < -0.3 is 5.73 Å². The van der Waals surface area contributed by atoms with Crippen molar-refractivity contribution in [2.75, 3.05) is 11.5 Å². The molecule has 0 spiro atoms. The molecule has 3 nitrogen and oxygen atoms in total. The molecule has 2 N–H and O–H groups in total. The lowest BCUT2D eigenvalue weighted by molar-refractivity contribution is -0.109. The third-order valence-electron chi connectivity index (χ3n) is 1.78. The molecule has 5 heteroatoms. The molecule has 1 rings (SSSR count). The lowest BCUT2D eigenvalue weighted by atomic mass is 10.2. The van der Waals surface area contributed by atoms with Crippen LogP contribution in [0.3, 0.4) is 0 Å². The van der Waals surface area contributed by atoms with E-state index in [9.17, 15) is 9.18 Å². The van der Waals surface area contributed by atoms with Crippen LogP contribution < -0.4 is 5.73 Å². The first-order valence-corrected chi connectivity index (χ1v) is 5.79. The van der Waals surface area contributed by atoms with E-state index in [0.29, 0.717) is 11.4 Å². The molecule has 1 aromatic heterocycles. The Labute approximate surface area is 97.9 Å². The van der Waals surface area contributed by atoms with Crippen LogP contribution in [0.4, 0.5) is 10.1 Å². The molecule has 0 radical (unpaired) electrons. The number of aromatic nitrogens is 1. The Morgan fingerprint density at radius 1 is 1.69 bits per heavy atom. The lowest BCUT2D eigenvalue weighted by Crippen LogP contribution is -1.93. The molecule has 0 unspecified atom stereocenters. The third-order valence-corrected chi connectivity index (χ3v) is 2.63. The molecule has 0 aromatic carbocycles. The van der Waals surface area contributed by atoms with Gasteiger partial charge in [-0.25, -0.2) is 4.39 Å². The molecule has 0 saturated carbocycles. The summed E-state index contributed by atoms with van der Waals surface area (Å²) in [6.07, 6.45) is 5.48. The lowest BCUT2D eigenvalue weighted by Gasteiger charge is -1.98. The number of thioether (sulfide) groups is 1. The fraction of sp³-hybridized carbons (Fsp3) is 0.273. The SMILES string of the molecule is CC(=O)SCCC=Cc1ncc(F)cc1N. The van der Waals surface area contributed by atoms with Gasteiger partial charge >= 0.3 is 0 Å². The quantitative estimate of drug-likeness (QED) is 0.821. The van der Waals surface area contributed by atoms with E-state index in [1.54, 1.807) is 6.08 Å². The van der Waals surface area contributed by atoms with Gasteiger partial charge in [-0.1, -0.05) is 17.8 Å². The summed E-state index contributed by atoms with van der Waals surface area (Å²) in [5.41, 5.74) is 6.44. The van der Waals surface area contributed by atoms with Crippen molar-refractivity contribution in [3.05, 3.63) is 29.9 Å². The monoisotopic (exact) mass is 240 g/mol. The number of pyridine rings is 1. The van der Waals surface area contributed by atoms with Gasteiger partial charge in [0.1, 0.15) is 5.82 Å². The summed E-state index contributed by atoms with van der Waals surface area (Å²) in [7, 11) is 0. The van der Waals surface area contributed by atoms with Crippen molar-refractivity contribution < 1.29 is 9.18 Å². The molecule has 0 aliphatic rings. The zero-order valence-corrected chi connectivity index (χ0v) is 9.76. The minimum atomic E-state index is -0.443. The normalized spacial score (nSPS) is 10.9. The summed E-state index contributed by atoms with van der Waals surface area (Å²) in [6, 6.07) is 1.23. The second-order valence-electron chi connectivity index (χ2n) is 3.16. The number of anilines is 1. The first kappa shape index (κ1) is 12.7. The second-order valence-corrected chi connectivity index (χ2v) is 4.43. The molecule has 86 valence electrons. The van der Waals surface area contributed by atoms with Crippen LogP contribution >= 0.6 is 11.8 Å². The fourth-order valence-corrected chi connectivity index (χ4v) is 1.61. The van der Waals surface area contributed by atoms with Crippen LogP contribution in [0.1, 0.15) is 19.0 Å². The maximum absolute atomic E-state index is 12.7. The van der Waals surface area contributed by atoms with Crippen LogP contribution in [0.2, 0.25) is 0 Å². The maximum atomic E-state index is 12.7. The number of nitrogens with two attached hydrogens (primary N) is 1. The van der Waals surface area contributed by atoms with Gasteiger partial charge in [0, 0.05) is 18.7 Å². The zero-order chi connectivity index (χ0) is 12.0. The van der Waals surface area contributed by atoms with Crippen LogP contribution in [-0.2, 0) is 4.79 Å².